The van der Waals surface area contributed by atoms with E-state index in [1.165, 1.54) is 17.5 Å². The molecule has 2 atom stereocenters. The maximum atomic E-state index is 14.8. The predicted octanol–water partition coefficient (Wildman–Crippen LogP) is 3.87. The van der Waals surface area contributed by atoms with Crippen LogP contribution in [0.4, 0.5) is 10.3 Å². The molecule has 2 fully saturated rings. The quantitative estimate of drug-likeness (QED) is 0.800. The molecule has 0 unspecified atom stereocenters. The number of carbonyl (C=O) groups excluding carboxylic acids is 1. The molecule has 1 saturated carbocycles. The molecule has 0 bridgehead atoms. The highest BCUT2D eigenvalue weighted by molar-refractivity contribution is 7.16. The normalized spacial score (nSPS) is 25.1. The molecule has 2 aromatic rings. The Balaban J connectivity index is 1.45. The zero-order valence-corrected chi connectivity index (χ0v) is 18.8. The van der Waals surface area contributed by atoms with Crippen LogP contribution in [-0.4, -0.2) is 58.4 Å². The number of likely N-dealkylation sites (tertiary alicyclic amines) is 1. The van der Waals surface area contributed by atoms with Crippen molar-refractivity contribution < 1.29 is 9.18 Å². The second-order valence-electron chi connectivity index (χ2n) is 8.96. The Morgan fingerprint density at radius 2 is 2.17 bits per heavy atom. The van der Waals surface area contributed by atoms with Crippen molar-refractivity contribution in [2.75, 3.05) is 32.0 Å². The molecule has 8 heteroatoms. The summed E-state index contributed by atoms with van der Waals surface area (Å²) in [4.78, 5) is 27.7. The van der Waals surface area contributed by atoms with Gasteiger partial charge in [0.1, 0.15) is 5.69 Å². The summed E-state index contributed by atoms with van der Waals surface area (Å²) in [5.74, 6) is 0.534. The summed E-state index contributed by atoms with van der Waals surface area (Å²) in [5.41, 5.74) is 1.73. The van der Waals surface area contributed by atoms with Gasteiger partial charge in [0.05, 0.1) is 22.2 Å². The zero-order valence-electron chi connectivity index (χ0n) is 18.0. The van der Waals surface area contributed by atoms with E-state index >= 15 is 0 Å². The van der Waals surface area contributed by atoms with Crippen LogP contribution in [0.2, 0.25) is 0 Å². The molecule has 1 aliphatic carbocycles. The second kappa shape index (κ2) is 6.99. The van der Waals surface area contributed by atoms with Crippen molar-refractivity contribution in [1.29, 1.82) is 0 Å². The Hall–Kier alpha value is -2.06. The highest BCUT2D eigenvalue weighted by Crippen LogP contribution is 2.60. The van der Waals surface area contributed by atoms with E-state index in [0.29, 0.717) is 17.6 Å². The van der Waals surface area contributed by atoms with Crippen molar-refractivity contribution in [3.8, 4) is 10.6 Å². The van der Waals surface area contributed by atoms with E-state index in [9.17, 15) is 9.18 Å². The third-order valence-electron chi connectivity index (χ3n) is 7.16. The zero-order chi connectivity index (χ0) is 21.2. The number of rotatable bonds is 4. The van der Waals surface area contributed by atoms with Gasteiger partial charge >= 0.3 is 0 Å². The number of anilines is 1. The van der Waals surface area contributed by atoms with Crippen LogP contribution in [0.1, 0.15) is 53.9 Å². The van der Waals surface area contributed by atoms with Gasteiger partial charge in [-0.2, -0.15) is 0 Å². The van der Waals surface area contributed by atoms with E-state index < -0.39 is 5.82 Å². The van der Waals surface area contributed by atoms with Crippen molar-refractivity contribution in [3.05, 3.63) is 28.0 Å². The number of amides is 1. The van der Waals surface area contributed by atoms with Gasteiger partial charge in [-0.25, -0.2) is 14.4 Å². The number of nitrogens with zero attached hydrogens (tertiary/aromatic N) is 4. The first kappa shape index (κ1) is 19.9. The van der Waals surface area contributed by atoms with Crippen LogP contribution in [0, 0.1) is 18.7 Å². The third-order valence-corrected chi connectivity index (χ3v) is 8.66. The van der Waals surface area contributed by atoms with Gasteiger partial charge in [-0.1, -0.05) is 13.8 Å². The maximum absolute atomic E-state index is 14.8. The van der Waals surface area contributed by atoms with Crippen LogP contribution in [0.25, 0.3) is 10.6 Å². The minimum atomic E-state index is -0.442. The number of thiophene rings is 1. The molecule has 1 N–H and O–H groups in total. The Morgan fingerprint density at radius 3 is 2.83 bits per heavy atom. The summed E-state index contributed by atoms with van der Waals surface area (Å²) < 4.78 is 14.8. The number of piperidine rings is 1. The molecular weight excluding hydrogens is 401 g/mol. The monoisotopic (exact) mass is 429 g/mol. The summed E-state index contributed by atoms with van der Waals surface area (Å²) in [6, 6.07) is 0.269. The standard InChI is InChI=1S/C22H28FN5OS/c1-5-28-9-6-15(12(2)11-28)25-21-24-10-14(23)17(26-21)18-13(3)16-19(30-18)22(7-8-22)27(4)20(16)29/h10,12,15H,5-9,11H2,1-4H3,(H,24,25,26)/t12-,15+/m1/s1. The van der Waals surface area contributed by atoms with Crippen molar-refractivity contribution in [2.45, 2.75) is 51.6 Å². The maximum Gasteiger partial charge on any atom is 0.255 e. The first-order chi connectivity index (χ1) is 14.4. The molecule has 30 heavy (non-hydrogen) atoms. The van der Waals surface area contributed by atoms with Gasteiger partial charge in [0, 0.05) is 31.1 Å². The van der Waals surface area contributed by atoms with Crippen molar-refractivity contribution in [3.63, 3.8) is 0 Å². The summed E-state index contributed by atoms with van der Waals surface area (Å²) in [6.45, 7) is 9.47. The van der Waals surface area contributed by atoms with Gasteiger partial charge in [-0.15, -0.1) is 11.3 Å². The smallest absolute Gasteiger partial charge is 0.255 e. The van der Waals surface area contributed by atoms with Gasteiger partial charge in [-0.05, 0) is 44.2 Å². The lowest BCUT2D eigenvalue weighted by Crippen LogP contribution is -2.45. The van der Waals surface area contributed by atoms with Crippen LogP contribution >= 0.6 is 11.3 Å². The lowest BCUT2D eigenvalue weighted by atomic mass is 9.94. The summed E-state index contributed by atoms with van der Waals surface area (Å²) >= 11 is 1.52. The van der Waals surface area contributed by atoms with Crippen LogP contribution in [0.5, 0.6) is 0 Å². The van der Waals surface area contributed by atoms with Crippen LogP contribution in [0.15, 0.2) is 6.20 Å². The van der Waals surface area contributed by atoms with Gasteiger partial charge in [0.25, 0.3) is 5.91 Å². The molecule has 1 spiro atoms. The van der Waals surface area contributed by atoms with Crippen molar-refractivity contribution in [1.82, 2.24) is 19.8 Å². The first-order valence-electron chi connectivity index (χ1n) is 10.8. The van der Waals surface area contributed by atoms with Crippen LogP contribution in [-0.2, 0) is 5.54 Å². The SMILES string of the molecule is CCN1CC[C@H](Nc2ncc(F)c(-c3sc4c(c3C)C(=O)N(C)C43CC3)n2)[C@H](C)C1. The first-order valence-corrected chi connectivity index (χ1v) is 11.6. The Bertz CT molecular complexity index is 1020. The fraction of sp³-hybridized carbons (Fsp3) is 0.591. The molecule has 3 aliphatic rings. The molecule has 6 nitrogen and oxygen atoms in total. The van der Waals surface area contributed by atoms with E-state index in [1.54, 1.807) is 0 Å². The van der Waals surface area contributed by atoms with Crippen molar-refractivity contribution in [2.24, 2.45) is 5.92 Å². The number of hydrogen-bond donors (Lipinski definition) is 1. The van der Waals surface area contributed by atoms with E-state index in [2.05, 4.69) is 34.0 Å². The molecule has 5 rings (SSSR count). The van der Waals surface area contributed by atoms with Gasteiger partial charge in [0.2, 0.25) is 5.95 Å². The number of aromatic nitrogens is 2. The highest BCUT2D eigenvalue weighted by Gasteiger charge is 2.58. The number of fused-ring (bicyclic) bond motifs is 2. The van der Waals surface area contributed by atoms with E-state index in [4.69, 9.17) is 0 Å². The minimum absolute atomic E-state index is 0.0480. The highest BCUT2D eigenvalue weighted by atomic mass is 32.1. The van der Waals surface area contributed by atoms with Gasteiger partial charge in [0.15, 0.2) is 5.82 Å². The summed E-state index contributed by atoms with van der Waals surface area (Å²) in [5, 5.41) is 3.44. The molecule has 1 amide bonds. The lowest BCUT2D eigenvalue weighted by molar-refractivity contribution is 0.0755. The lowest BCUT2D eigenvalue weighted by Gasteiger charge is -2.36. The molecule has 0 radical (unpaired) electrons. The Labute approximate surface area is 180 Å². The van der Waals surface area contributed by atoms with Crippen LogP contribution in [0.3, 0.4) is 0 Å². The fourth-order valence-electron chi connectivity index (χ4n) is 5.02. The van der Waals surface area contributed by atoms with Crippen LogP contribution < -0.4 is 5.32 Å². The number of nitrogens with one attached hydrogen (secondary N) is 1. The van der Waals surface area contributed by atoms with E-state index in [0.717, 1.165) is 59.8 Å². The molecular formula is C22H28FN5OS. The van der Waals surface area contributed by atoms with E-state index in [-0.39, 0.29) is 17.5 Å². The number of hydrogen-bond acceptors (Lipinski definition) is 6. The van der Waals surface area contributed by atoms with Gasteiger partial charge in [-0.3, -0.25) is 4.79 Å². The predicted molar refractivity (Wildman–Crippen MR) is 116 cm³/mol. The molecule has 0 aromatic carbocycles. The third kappa shape index (κ3) is 2.87. The average Bonchev–Trinajstić information content (AvgIpc) is 3.43. The summed E-state index contributed by atoms with van der Waals surface area (Å²) in [7, 11) is 1.87. The molecule has 160 valence electrons. The number of halogens is 1. The average molecular weight is 430 g/mol. The van der Waals surface area contributed by atoms with Crippen molar-refractivity contribution >= 4 is 23.2 Å². The Kier molecular flexibility index (Phi) is 4.63. The minimum Gasteiger partial charge on any atom is -0.351 e. The van der Waals surface area contributed by atoms with E-state index in [1.807, 2.05) is 18.9 Å². The fourth-order valence-corrected chi connectivity index (χ4v) is 6.59. The summed E-state index contributed by atoms with van der Waals surface area (Å²) in [6.07, 6.45) is 4.23. The number of carbonyl (C=O) groups is 1. The second-order valence-corrected chi connectivity index (χ2v) is 9.98. The molecule has 1 saturated heterocycles. The molecule has 4 heterocycles. The van der Waals surface area contributed by atoms with Gasteiger partial charge < -0.3 is 15.1 Å². The molecule has 2 aliphatic heterocycles. The Morgan fingerprint density at radius 1 is 1.40 bits per heavy atom. The topological polar surface area (TPSA) is 61.4 Å². The largest absolute Gasteiger partial charge is 0.351 e. The molecule has 2 aromatic heterocycles.